The Morgan fingerprint density at radius 3 is 2.61 bits per heavy atom. The molecule has 1 heterocycles. The maximum atomic E-state index is 12.6. The summed E-state index contributed by atoms with van der Waals surface area (Å²) in [6.45, 7) is 2.83. The molecule has 1 saturated heterocycles. The van der Waals surface area contributed by atoms with Crippen molar-refractivity contribution in [1.82, 2.24) is 0 Å². The smallest absolute Gasteiger partial charge is 0.338 e. The Balaban J connectivity index is 1.32. The van der Waals surface area contributed by atoms with Gasteiger partial charge in [-0.15, -0.1) is 0 Å². The molecule has 0 radical (unpaired) electrons. The lowest BCUT2D eigenvalue weighted by atomic mass is 10.1. The largest absolute Gasteiger partial charge is 0.491 e. The van der Waals surface area contributed by atoms with Crippen molar-refractivity contribution in [3.8, 4) is 5.75 Å². The molecule has 0 aromatic heterocycles. The number of hydrogen-bond donors (Lipinski definition) is 1. The number of ether oxygens (including phenoxy) is 3. The van der Waals surface area contributed by atoms with Crippen molar-refractivity contribution < 1.29 is 23.8 Å². The van der Waals surface area contributed by atoms with Crippen molar-refractivity contribution in [2.45, 2.75) is 32.0 Å². The van der Waals surface area contributed by atoms with E-state index in [0.717, 1.165) is 30.2 Å². The van der Waals surface area contributed by atoms with Crippen molar-refractivity contribution in [2.75, 3.05) is 18.5 Å². The third-order valence-electron chi connectivity index (χ3n) is 5.25. The molecule has 0 aliphatic carbocycles. The number of carbonyl (C=O) groups is 2. The number of benzene rings is 3. The Kier molecular flexibility index (Phi) is 6.48. The van der Waals surface area contributed by atoms with Crippen LogP contribution in [0.15, 0.2) is 66.7 Å². The molecule has 1 N–H and O–H groups in total. The van der Waals surface area contributed by atoms with E-state index in [0.29, 0.717) is 23.6 Å². The van der Waals surface area contributed by atoms with Crippen LogP contribution in [0.25, 0.3) is 10.8 Å². The fourth-order valence-electron chi connectivity index (χ4n) is 3.50. The second-order valence-corrected chi connectivity index (χ2v) is 7.53. The quantitative estimate of drug-likeness (QED) is 0.568. The van der Waals surface area contributed by atoms with Crippen molar-refractivity contribution in [3.05, 3.63) is 72.3 Å². The summed E-state index contributed by atoms with van der Waals surface area (Å²) < 4.78 is 16.6. The summed E-state index contributed by atoms with van der Waals surface area (Å²) in [5.74, 6) is -0.290. The van der Waals surface area contributed by atoms with Crippen LogP contribution in [0.3, 0.4) is 0 Å². The zero-order chi connectivity index (χ0) is 21.6. The van der Waals surface area contributed by atoms with Crippen LogP contribution >= 0.6 is 0 Å². The van der Waals surface area contributed by atoms with Gasteiger partial charge in [0.2, 0.25) is 0 Å². The van der Waals surface area contributed by atoms with Crippen LogP contribution in [0.2, 0.25) is 0 Å². The zero-order valence-electron chi connectivity index (χ0n) is 17.4. The summed E-state index contributed by atoms with van der Waals surface area (Å²) >= 11 is 0. The molecule has 3 aromatic rings. The van der Waals surface area contributed by atoms with E-state index in [1.165, 1.54) is 0 Å². The number of amides is 1. The van der Waals surface area contributed by atoms with Gasteiger partial charge in [-0.25, -0.2) is 4.79 Å². The van der Waals surface area contributed by atoms with E-state index in [9.17, 15) is 9.59 Å². The van der Waals surface area contributed by atoms with Crippen molar-refractivity contribution in [3.63, 3.8) is 0 Å². The molecule has 4 rings (SSSR count). The molecule has 2 atom stereocenters. The van der Waals surface area contributed by atoms with Gasteiger partial charge in [0.05, 0.1) is 11.7 Å². The average Bonchev–Trinajstić information content (AvgIpc) is 3.32. The molecule has 0 spiro atoms. The number of hydrogen-bond acceptors (Lipinski definition) is 5. The summed E-state index contributed by atoms with van der Waals surface area (Å²) in [7, 11) is 0. The van der Waals surface area contributed by atoms with E-state index < -0.39 is 12.1 Å². The molecule has 0 saturated carbocycles. The maximum absolute atomic E-state index is 12.6. The first-order valence-electron chi connectivity index (χ1n) is 10.4. The van der Waals surface area contributed by atoms with Crippen LogP contribution in [-0.4, -0.2) is 37.3 Å². The molecule has 2 unspecified atom stereocenters. The molecule has 3 aromatic carbocycles. The van der Waals surface area contributed by atoms with Gasteiger partial charge >= 0.3 is 5.97 Å². The van der Waals surface area contributed by atoms with Crippen LogP contribution in [0.4, 0.5) is 5.69 Å². The second-order valence-electron chi connectivity index (χ2n) is 7.53. The maximum Gasteiger partial charge on any atom is 0.338 e. The van der Waals surface area contributed by atoms with Gasteiger partial charge in [0.15, 0.2) is 6.10 Å². The lowest BCUT2D eigenvalue weighted by Crippen LogP contribution is -2.30. The molecule has 1 fully saturated rings. The molecule has 1 aliphatic rings. The Hall–Kier alpha value is -3.38. The molecule has 6 nitrogen and oxygen atoms in total. The standard InChI is InChI=1S/C25H25NO5/c1-17(24(27)26-23-10-4-7-18-6-2-3-9-22(18)23)31-25(28)19-11-13-20(14-12-19)30-16-21-8-5-15-29-21/h2-4,6-7,9-14,17,21H,5,8,15-16H2,1H3,(H,26,27). The van der Waals surface area contributed by atoms with Gasteiger partial charge in [0.1, 0.15) is 12.4 Å². The molecule has 1 amide bonds. The van der Waals surface area contributed by atoms with Crippen LogP contribution in [0.1, 0.15) is 30.1 Å². The van der Waals surface area contributed by atoms with Gasteiger partial charge < -0.3 is 19.5 Å². The van der Waals surface area contributed by atoms with E-state index in [-0.39, 0.29) is 12.0 Å². The topological polar surface area (TPSA) is 73.9 Å². The molecular formula is C25H25NO5. The monoisotopic (exact) mass is 419 g/mol. The molecular weight excluding hydrogens is 394 g/mol. The van der Waals surface area contributed by atoms with Crippen molar-refractivity contribution in [2.24, 2.45) is 0 Å². The van der Waals surface area contributed by atoms with Gasteiger partial charge in [0, 0.05) is 17.7 Å². The Morgan fingerprint density at radius 1 is 1.06 bits per heavy atom. The number of fused-ring (bicyclic) bond motifs is 1. The van der Waals surface area contributed by atoms with Gasteiger partial charge in [-0.05, 0) is 55.5 Å². The number of nitrogens with one attached hydrogen (secondary N) is 1. The number of esters is 1. The predicted molar refractivity (Wildman–Crippen MR) is 118 cm³/mol. The minimum Gasteiger partial charge on any atom is -0.491 e. The Labute approximate surface area is 181 Å². The first kappa shape index (κ1) is 20.9. The summed E-state index contributed by atoms with van der Waals surface area (Å²) in [4.78, 5) is 25.0. The van der Waals surface area contributed by atoms with Crippen molar-refractivity contribution >= 4 is 28.3 Å². The third-order valence-corrected chi connectivity index (χ3v) is 5.25. The van der Waals surface area contributed by atoms with Gasteiger partial charge in [0.25, 0.3) is 5.91 Å². The summed E-state index contributed by atoms with van der Waals surface area (Å²) in [5, 5.41) is 4.79. The first-order chi connectivity index (χ1) is 15.1. The van der Waals surface area contributed by atoms with E-state index in [2.05, 4.69) is 5.32 Å². The van der Waals surface area contributed by atoms with Gasteiger partial charge in [-0.3, -0.25) is 4.79 Å². The first-order valence-corrected chi connectivity index (χ1v) is 10.4. The van der Waals surface area contributed by atoms with Crippen LogP contribution in [-0.2, 0) is 14.3 Å². The highest BCUT2D eigenvalue weighted by atomic mass is 16.5. The SMILES string of the molecule is CC(OC(=O)c1ccc(OCC2CCCO2)cc1)C(=O)Nc1cccc2ccccc12. The minimum absolute atomic E-state index is 0.130. The highest BCUT2D eigenvalue weighted by Gasteiger charge is 2.20. The van der Waals surface area contributed by atoms with E-state index in [4.69, 9.17) is 14.2 Å². The number of rotatable bonds is 7. The molecule has 1 aliphatic heterocycles. The predicted octanol–water partition coefficient (Wildman–Crippen LogP) is 4.58. The van der Waals surface area contributed by atoms with Crippen LogP contribution in [0.5, 0.6) is 5.75 Å². The molecule has 0 bridgehead atoms. The van der Waals surface area contributed by atoms with Crippen molar-refractivity contribution in [1.29, 1.82) is 0 Å². The third kappa shape index (κ3) is 5.22. The molecule has 6 heteroatoms. The Morgan fingerprint density at radius 2 is 1.84 bits per heavy atom. The highest BCUT2D eigenvalue weighted by Crippen LogP contribution is 2.23. The highest BCUT2D eigenvalue weighted by molar-refractivity contribution is 6.04. The lowest BCUT2D eigenvalue weighted by Gasteiger charge is -2.15. The Bertz CT molecular complexity index is 1050. The van der Waals surface area contributed by atoms with Crippen LogP contribution < -0.4 is 10.1 Å². The normalized spacial score (nSPS) is 16.6. The number of carbonyl (C=O) groups excluding carboxylic acids is 2. The lowest BCUT2D eigenvalue weighted by molar-refractivity contribution is -0.123. The zero-order valence-corrected chi connectivity index (χ0v) is 17.4. The summed E-state index contributed by atoms with van der Waals surface area (Å²) in [6, 6.07) is 20.1. The fraction of sp³-hybridized carbons (Fsp3) is 0.280. The van der Waals surface area contributed by atoms with E-state index in [1.54, 1.807) is 31.2 Å². The van der Waals surface area contributed by atoms with E-state index >= 15 is 0 Å². The number of anilines is 1. The van der Waals surface area contributed by atoms with Gasteiger partial charge in [-0.1, -0.05) is 36.4 Å². The van der Waals surface area contributed by atoms with Crippen LogP contribution in [0, 0.1) is 0 Å². The van der Waals surface area contributed by atoms with Gasteiger partial charge in [-0.2, -0.15) is 0 Å². The average molecular weight is 419 g/mol. The fourth-order valence-corrected chi connectivity index (χ4v) is 3.50. The van der Waals surface area contributed by atoms with E-state index in [1.807, 2.05) is 42.5 Å². The molecule has 31 heavy (non-hydrogen) atoms. The molecule has 160 valence electrons. The summed E-state index contributed by atoms with van der Waals surface area (Å²) in [5.41, 5.74) is 1.04. The second kappa shape index (κ2) is 9.62. The summed E-state index contributed by atoms with van der Waals surface area (Å²) in [6.07, 6.45) is 1.25. The minimum atomic E-state index is -0.943.